The Hall–Kier alpha value is -1.72. The van der Waals surface area contributed by atoms with E-state index >= 15 is 0 Å². The molecule has 0 saturated heterocycles. The number of aromatic nitrogens is 2. The highest BCUT2D eigenvalue weighted by atomic mass is 16.5. The molecule has 14 heavy (non-hydrogen) atoms. The number of nitrogens with one attached hydrogen (secondary N) is 1. The van der Waals surface area contributed by atoms with Gasteiger partial charge >= 0.3 is 5.97 Å². The average molecular weight is 199 g/mol. The molecule has 6 nitrogen and oxygen atoms in total. The molecule has 0 aromatic carbocycles. The SMILES string of the molecule is COc1cc(NC(C)C(=O)O)nn1C. The number of ether oxygens (including phenoxy) is 1. The minimum Gasteiger partial charge on any atom is -0.481 e. The Morgan fingerprint density at radius 2 is 2.43 bits per heavy atom. The lowest BCUT2D eigenvalue weighted by atomic mass is 10.3. The Balaban J connectivity index is 2.72. The predicted octanol–water partition coefficient (Wildman–Crippen LogP) is 0.314. The molecule has 6 heteroatoms. The fourth-order valence-corrected chi connectivity index (χ4v) is 0.995. The van der Waals surface area contributed by atoms with Gasteiger partial charge in [-0.1, -0.05) is 0 Å². The van der Waals surface area contributed by atoms with E-state index in [1.807, 2.05) is 0 Å². The summed E-state index contributed by atoms with van der Waals surface area (Å²) in [5, 5.41) is 15.4. The molecule has 1 atom stereocenters. The maximum atomic E-state index is 10.5. The van der Waals surface area contributed by atoms with E-state index in [4.69, 9.17) is 9.84 Å². The van der Waals surface area contributed by atoms with Crippen LogP contribution in [0.1, 0.15) is 6.92 Å². The first-order chi connectivity index (χ1) is 6.54. The van der Waals surface area contributed by atoms with Crippen molar-refractivity contribution in [2.75, 3.05) is 12.4 Å². The van der Waals surface area contributed by atoms with Crippen LogP contribution in [0.3, 0.4) is 0 Å². The number of carboxylic acid groups (broad SMARTS) is 1. The zero-order valence-corrected chi connectivity index (χ0v) is 8.31. The molecule has 1 aromatic heterocycles. The molecule has 0 saturated carbocycles. The van der Waals surface area contributed by atoms with Crippen LogP contribution >= 0.6 is 0 Å². The summed E-state index contributed by atoms with van der Waals surface area (Å²) in [6.07, 6.45) is 0. The monoisotopic (exact) mass is 199 g/mol. The number of nitrogens with zero attached hydrogens (tertiary/aromatic N) is 2. The lowest BCUT2D eigenvalue weighted by Crippen LogP contribution is -2.25. The van der Waals surface area contributed by atoms with Crippen molar-refractivity contribution in [3.8, 4) is 5.88 Å². The molecule has 0 amide bonds. The summed E-state index contributed by atoms with van der Waals surface area (Å²) in [5.41, 5.74) is 0. The second-order valence-corrected chi connectivity index (χ2v) is 2.90. The third-order valence-corrected chi connectivity index (χ3v) is 1.78. The molecule has 78 valence electrons. The number of hydrogen-bond acceptors (Lipinski definition) is 4. The number of methoxy groups -OCH3 is 1. The van der Waals surface area contributed by atoms with E-state index in [0.29, 0.717) is 11.7 Å². The van der Waals surface area contributed by atoms with Crippen molar-refractivity contribution in [1.82, 2.24) is 9.78 Å². The second kappa shape index (κ2) is 3.99. The molecule has 0 spiro atoms. The third-order valence-electron chi connectivity index (χ3n) is 1.78. The van der Waals surface area contributed by atoms with Crippen molar-refractivity contribution >= 4 is 11.8 Å². The first-order valence-corrected chi connectivity index (χ1v) is 4.12. The quantitative estimate of drug-likeness (QED) is 0.730. The van der Waals surface area contributed by atoms with Crippen LogP contribution in [0.5, 0.6) is 5.88 Å². The van der Waals surface area contributed by atoms with Crippen LogP contribution in [0.15, 0.2) is 6.07 Å². The van der Waals surface area contributed by atoms with Gasteiger partial charge in [0.2, 0.25) is 5.88 Å². The summed E-state index contributed by atoms with van der Waals surface area (Å²) in [6, 6.07) is 0.967. The van der Waals surface area contributed by atoms with Crippen LogP contribution in [0.2, 0.25) is 0 Å². The van der Waals surface area contributed by atoms with Crippen LogP contribution < -0.4 is 10.1 Å². The first-order valence-electron chi connectivity index (χ1n) is 4.12. The van der Waals surface area contributed by atoms with E-state index in [1.54, 1.807) is 20.0 Å². The summed E-state index contributed by atoms with van der Waals surface area (Å²) in [4.78, 5) is 10.5. The summed E-state index contributed by atoms with van der Waals surface area (Å²) in [7, 11) is 3.25. The number of carbonyl (C=O) groups is 1. The topological polar surface area (TPSA) is 76.4 Å². The smallest absolute Gasteiger partial charge is 0.325 e. The van der Waals surface area contributed by atoms with Crippen molar-refractivity contribution < 1.29 is 14.6 Å². The lowest BCUT2D eigenvalue weighted by molar-refractivity contribution is -0.137. The van der Waals surface area contributed by atoms with Gasteiger partial charge in [0, 0.05) is 13.1 Å². The molecule has 0 aliphatic carbocycles. The second-order valence-electron chi connectivity index (χ2n) is 2.90. The normalized spacial score (nSPS) is 12.2. The van der Waals surface area contributed by atoms with E-state index in [2.05, 4.69) is 10.4 Å². The highest BCUT2D eigenvalue weighted by Gasteiger charge is 2.13. The van der Waals surface area contributed by atoms with Gasteiger partial charge in [-0.25, -0.2) is 4.68 Å². The molecule has 2 N–H and O–H groups in total. The van der Waals surface area contributed by atoms with Gasteiger partial charge in [0.15, 0.2) is 5.82 Å². The first kappa shape index (κ1) is 10.4. The van der Waals surface area contributed by atoms with E-state index in [1.165, 1.54) is 11.8 Å². The molecule has 0 fully saturated rings. The molecule has 1 rings (SSSR count). The summed E-state index contributed by atoms with van der Waals surface area (Å²) in [6.45, 7) is 1.55. The van der Waals surface area contributed by atoms with Crippen molar-refractivity contribution in [3.63, 3.8) is 0 Å². The Labute approximate surface area is 81.5 Å². The van der Waals surface area contributed by atoms with Gasteiger partial charge in [-0.15, -0.1) is 0 Å². The van der Waals surface area contributed by atoms with Gasteiger partial charge < -0.3 is 15.2 Å². The van der Waals surface area contributed by atoms with Crippen LogP contribution in [0.25, 0.3) is 0 Å². The molecule has 0 aliphatic rings. The van der Waals surface area contributed by atoms with Crippen molar-refractivity contribution in [1.29, 1.82) is 0 Å². The van der Waals surface area contributed by atoms with E-state index in [0.717, 1.165) is 0 Å². The zero-order chi connectivity index (χ0) is 10.7. The third kappa shape index (κ3) is 2.15. The maximum Gasteiger partial charge on any atom is 0.325 e. The summed E-state index contributed by atoms with van der Waals surface area (Å²) in [5.74, 6) is 0.138. The molecule has 1 aromatic rings. The Bertz CT molecular complexity index is 335. The molecule has 0 aliphatic heterocycles. The van der Waals surface area contributed by atoms with Crippen LogP contribution in [0, 0.1) is 0 Å². The molecule has 1 unspecified atom stereocenters. The number of rotatable bonds is 4. The minimum absolute atomic E-state index is 0.485. The van der Waals surface area contributed by atoms with Gasteiger partial charge in [-0.2, -0.15) is 5.10 Å². The predicted molar refractivity (Wildman–Crippen MR) is 50.5 cm³/mol. The number of aliphatic carboxylic acids is 1. The van der Waals surface area contributed by atoms with E-state index < -0.39 is 12.0 Å². The average Bonchev–Trinajstić information content (AvgIpc) is 2.45. The molecule has 0 bridgehead atoms. The Morgan fingerprint density at radius 1 is 1.79 bits per heavy atom. The van der Waals surface area contributed by atoms with Crippen LogP contribution in [-0.2, 0) is 11.8 Å². The summed E-state index contributed by atoms with van der Waals surface area (Å²) >= 11 is 0. The summed E-state index contributed by atoms with van der Waals surface area (Å²) < 4.78 is 6.51. The molecule has 1 heterocycles. The van der Waals surface area contributed by atoms with Crippen molar-refractivity contribution in [2.24, 2.45) is 7.05 Å². The van der Waals surface area contributed by atoms with E-state index in [-0.39, 0.29) is 0 Å². The Kier molecular flexibility index (Phi) is 2.95. The van der Waals surface area contributed by atoms with Gasteiger partial charge in [-0.05, 0) is 6.92 Å². The van der Waals surface area contributed by atoms with Crippen molar-refractivity contribution in [2.45, 2.75) is 13.0 Å². The number of anilines is 1. The number of carboxylic acids is 1. The molecular weight excluding hydrogens is 186 g/mol. The van der Waals surface area contributed by atoms with E-state index in [9.17, 15) is 4.79 Å². The lowest BCUT2D eigenvalue weighted by Gasteiger charge is -2.06. The molecular formula is C8H13N3O3. The fourth-order valence-electron chi connectivity index (χ4n) is 0.995. The van der Waals surface area contributed by atoms with Gasteiger partial charge in [0.25, 0.3) is 0 Å². The van der Waals surface area contributed by atoms with Gasteiger partial charge in [0.05, 0.1) is 7.11 Å². The highest BCUT2D eigenvalue weighted by molar-refractivity contribution is 5.76. The van der Waals surface area contributed by atoms with Gasteiger partial charge in [0.1, 0.15) is 6.04 Å². The maximum absolute atomic E-state index is 10.5. The Morgan fingerprint density at radius 3 is 2.86 bits per heavy atom. The zero-order valence-electron chi connectivity index (χ0n) is 8.31. The largest absolute Gasteiger partial charge is 0.481 e. The van der Waals surface area contributed by atoms with Crippen LogP contribution in [-0.4, -0.2) is 34.0 Å². The fraction of sp³-hybridized carbons (Fsp3) is 0.500. The minimum atomic E-state index is -0.922. The van der Waals surface area contributed by atoms with Crippen molar-refractivity contribution in [3.05, 3.63) is 6.07 Å². The standard InChI is InChI=1S/C8H13N3O3/c1-5(8(12)13)9-6-4-7(14-3)11(2)10-6/h4-5H,1-3H3,(H,9,10)(H,12,13). The highest BCUT2D eigenvalue weighted by Crippen LogP contribution is 2.15. The molecule has 0 radical (unpaired) electrons. The number of aryl methyl sites for hydroxylation is 1. The number of hydrogen-bond donors (Lipinski definition) is 2. The van der Waals surface area contributed by atoms with Crippen LogP contribution in [0.4, 0.5) is 5.82 Å². The van der Waals surface area contributed by atoms with Gasteiger partial charge in [-0.3, -0.25) is 4.79 Å².